The van der Waals surface area contributed by atoms with Gasteiger partial charge in [0.15, 0.2) is 17.3 Å². The standard InChI is InChI=1S/C22H22N2O5S/c1-3-24(13-15-6-4-7-16-19(15)29-11-10-28-16)22(26)20-14(2)12-18(30-20)23-21(25)17-8-5-9-27-17/h4-9,12H,3,10-11,13H2,1-2H3,(H,23,25). The molecule has 2 aromatic heterocycles. The highest BCUT2D eigenvalue weighted by Crippen LogP contribution is 2.35. The Kier molecular flexibility index (Phi) is 5.76. The van der Waals surface area contributed by atoms with Crippen molar-refractivity contribution in [2.45, 2.75) is 20.4 Å². The lowest BCUT2D eigenvalue weighted by atomic mass is 10.1. The lowest BCUT2D eigenvalue weighted by molar-refractivity contribution is 0.0753. The number of nitrogens with one attached hydrogen (secondary N) is 1. The van der Waals surface area contributed by atoms with Gasteiger partial charge in [-0.2, -0.15) is 0 Å². The van der Waals surface area contributed by atoms with Crippen LogP contribution in [0.4, 0.5) is 5.00 Å². The van der Waals surface area contributed by atoms with E-state index in [-0.39, 0.29) is 17.6 Å². The minimum Gasteiger partial charge on any atom is -0.486 e. The topological polar surface area (TPSA) is 81.0 Å². The van der Waals surface area contributed by atoms with Crippen LogP contribution < -0.4 is 14.8 Å². The molecular weight excluding hydrogens is 404 g/mol. The number of ether oxygens (including phenoxy) is 2. The number of thiophene rings is 1. The fourth-order valence-electron chi connectivity index (χ4n) is 3.27. The average molecular weight is 426 g/mol. The Labute approximate surface area is 178 Å². The van der Waals surface area contributed by atoms with Gasteiger partial charge in [0.05, 0.1) is 16.1 Å². The van der Waals surface area contributed by atoms with E-state index in [0.29, 0.717) is 47.7 Å². The molecule has 0 bridgehead atoms. The molecular formula is C22H22N2O5S. The predicted octanol–water partition coefficient (Wildman–Crippen LogP) is 4.34. The minimum absolute atomic E-state index is 0.0900. The smallest absolute Gasteiger partial charge is 0.291 e. The molecule has 0 saturated carbocycles. The van der Waals surface area contributed by atoms with E-state index in [0.717, 1.165) is 11.1 Å². The number of rotatable bonds is 6. The van der Waals surface area contributed by atoms with Crippen LogP contribution in [0.1, 0.15) is 38.3 Å². The quantitative estimate of drug-likeness (QED) is 0.634. The van der Waals surface area contributed by atoms with E-state index < -0.39 is 0 Å². The molecule has 3 aromatic rings. The van der Waals surface area contributed by atoms with Crippen molar-refractivity contribution in [3.05, 3.63) is 64.4 Å². The van der Waals surface area contributed by atoms with Crippen LogP contribution in [0.15, 0.2) is 47.1 Å². The number of hydrogen-bond acceptors (Lipinski definition) is 6. The summed E-state index contributed by atoms with van der Waals surface area (Å²) in [7, 11) is 0. The van der Waals surface area contributed by atoms with Gasteiger partial charge >= 0.3 is 0 Å². The summed E-state index contributed by atoms with van der Waals surface area (Å²) in [6, 6.07) is 10.8. The molecule has 1 aliphatic rings. The van der Waals surface area contributed by atoms with E-state index in [1.807, 2.05) is 32.0 Å². The van der Waals surface area contributed by atoms with Crippen LogP contribution in [0, 0.1) is 6.92 Å². The van der Waals surface area contributed by atoms with Gasteiger partial charge in [-0.05, 0) is 43.7 Å². The van der Waals surface area contributed by atoms with Crippen molar-refractivity contribution in [2.24, 2.45) is 0 Å². The molecule has 2 amide bonds. The number of hydrogen-bond donors (Lipinski definition) is 1. The van der Waals surface area contributed by atoms with Crippen molar-refractivity contribution < 1.29 is 23.5 Å². The third kappa shape index (κ3) is 4.04. The first-order valence-electron chi connectivity index (χ1n) is 9.69. The molecule has 0 fully saturated rings. The van der Waals surface area contributed by atoms with Gasteiger partial charge in [0.1, 0.15) is 13.2 Å². The highest BCUT2D eigenvalue weighted by molar-refractivity contribution is 7.18. The summed E-state index contributed by atoms with van der Waals surface area (Å²) in [5.41, 5.74) is 1.72. The molecule has 1 N–H and O–H groups in total. The SMILES string of the molecule is CCN(Cc1cccc2c1OCCO2)C(=O)c1sc(NC(=O)c2ccco2)cc1C. The van der Waals surface area contributed by atoms with Gasteiger partial charge < -0.3 is 24.1 Å². The van der Waals surface area contributed by atoms with Crippen LogP contribution in [-0.4, -0.2) is 36.5 Å². The van der Waals surface area contributed by atoms with Gasteiger partial charge in [-0.15, -0.1) is 11.3 Å². The first-order chi connectivity index (χ1) is 14.6. The molecule has 1 aromatic carbocycles. The highest BCUT2D eigenvalue weighted by atomic mass is 32.1. The normalized spacial score (nSPS) is 12.5. The zero-order chi connectivity index (χ0) is 21.1. The highest BCUT2D eigenvalue weighted by Gasteiger charge is 2.23. The zero-order valence-corrected chi connectivity index (χ0v) is 17.6. The number of aryl methyl sites for hydroxylation is 1. The lowest BCUT2D eigenvalue weighted by Crippen LogP contribution is -2.30. The number of furan rings is 1. The summed E-state index contributed by atoms with van der Waals surface area (Å²) in [4.78, 5) is 27.8. The van der Waals surface area contributed by atoms with Gasteiger partial charge in [-0.1, -0.05) is 12.1 Å². The van der Waals surface area contributed by atoms with E-state index in [2.05, 4.69) is 5.32 Å². The Morgan fingerprint density at radius 2 is 2.00 bits per heavy atom. The molecule has 0 unspecified atom stereocenters. The summed E-state index contributed by atoms with van der Waals surface area (Å²) in [6.45, 7) is 5.76. The number of amides is 2. The first kappa shape index (κ1) is 20.0. The molecule has 4 rings (SSSR count). The number of para-hydroxylation sites is 1. The maximum Gasteiger partial charge on any atom is 0.291 e. The van der Waals surface area contributed by atoms with E-state index in [1.165, 1.54) is 17.6 Å². The predicted molar refractivity (Wildman–Crippen MR) is 114 cm³/mol. The van der Waals surface area contributed by atoms with Gasteiger partial charge in [0.25, 0.3) is 11.8 Å². The Bertz CT molecular complexity index is 1060. The molecule has 3 heterocycles. The van der Waals surface area contributed by atoms with Gasteiger partial charge in [0, 0.05) is 18.7 Å². The van der Waals surface area contributed by atoms with Crippen LogP contribution in [0.2, 0.25) is 0 Å². The van der Waals surface area contributed by atoms with Crippen molar-refractivity contribution in [3.63, 3.8) is 0 Å². The molecule has 7 nitrogen and oxygen atoms in total. The molecule has 0 saturated heterocycles. The summed E-state index contributed by atoms with van der Waals surface area (Å²) < 4.78 is 16.5. The van der Waals surface area contributed by atoms with Crippen LogP contribution in [0.5, 0.6) is 11.5 Å². The summed E-state index contributed by atoms with van der Waals surface area (Å²) >= 11 is 1.26. The van der Waals surface area contributed by atoms with E-state index in [9.17, 15) is 9.59 Å². The van der Waals surface area contributed by atoms with Crippen LogP contribution in [0.3, 0.4) is 0 Å². The second kappa shape index (κ2) is 8.62. The largest absolute Gasteiger partial charge is 0.486 e. The molecule has 0 atom stereocenters. The number of fused-ring (bicyclic) bond motifs is 1. The maximum absolute atomic E-state index is 13.2. The van der Waals surface area contributed by atoms with Crippen molar-refractivity contribution >= 4 is 28.2 Å². The number of carbonyl (C=O) groups excluding carboxylic acids is 2. The summed E-state index contributed by atoms with van der Waals surface area (Å²) in [5.74, 6) is 1.19. The third-order valence-corrected chi connectivity index (χ3v) is 5.91. The number of nitrogens with zero attached hydrogens (tertiary/aromatic N) is 1. The van der Waals surface area contributed by atoms with Crippen LogP contribution in [0.25, 0.3) is 0 Å². The zero-order valence-electron chi connectivity index (χ0n) is 16.8. The minimum atomic E-state index is -0.347. The fraction of sp³-hybridized carbons (Fsp3) is 0.273. The molecule has 30 heavy (non-hydrogen) atoms. The van der Waals surface area contributed by atoms with E-state index in [1.54, 1.807) is 23.1 Å². The van der Waals surface area contributed by atoms with Crippen molar-refractivity contribution in [1.29, 1.82) is 0 Å². The Morgan fingerprint density at radius 3 is 2.77 bits per heavy atom. The second-order valence-corrected chi connectivity index (χ2v) is 7.87. The lowest BCUT2D eigenvalue weighted by Gasteiger charge is -2.25. The van der Waals surface area contributed by atoms with Crippen LogP contribution in [-0.2, 0) is 6.54 Å². The van der Waals surface area contributed by atoms with E-state index >= 15 is 0 Å². The summed E-state index contributed by atoms with van der Waals surface area (Å²) in [6.07, 6.45) is 1.44. The van der Waals surface area contributed by atoms with Gasteiger partial charge in [-0.3, -0.25) is 9.59 Å². The fourth-order valence-corrected chi connectivity index (χ4v) is 4.31. The molecule has 1 aliphatic heterocycles. The summed E-state index contributed by atoms with van der Waals surface area (Å²) in [5, 5.41) is 3.39. The third-order valence-electron chi connectivity index (χ3n) is 4.77. The molecule has 156 valence electrons. The number of carbonyl (C=O) groups is 2. The molecule has 0 spiro atoms. The Balaban J connectivity index is 1.52. The van der Waals surface area contributed by atoms with Crippen molar-refractivity contribution in [3.8, 4) is 11.5 Å². The van der Waals surface area contributed by atoms with Gasteiger partial charge in [-0.25, -0.2) is 0 Å². The Morgan fingerprint density at radius 1 is 1.17 bits per heavy atom. The maximum atomic E-state index is 13.2. The van der Waals surface area contributed by atoms with Gasteiger partial charge in [0.2, 0.25) is 0 Å². The number of benzene rings is 1. The Hall–Kier alpha value is -3.26. The molecule has 0 radical (unpaired) electrons. The monoisotopic (exact) mass is 426 g/mol. The number of anilines is 1. The van der Waals surface area contributed by atoms with Crippen molar-refractivity contribution in [1.82, 2.24) is 4.90 Å². The average Bonchev–Trinajstić information content (AvgIpc) is 3.41. The first-order valence-corrected chi connectivity index (χ1v) is 10.5. The second-order valence-electron chi connectivity index (χ2n) is 6.81. The molecule has 0 aliphatic carbocycles. The van der Waals surface area contributed by atoms with Crippen molar-refractivity contribution in [2.75, 3.05) is 25.1 Å². The van der Waals surface area contributed by atoms with Crippen LogP contribution >= 0.6 is 11.3 Å². The molecule has 8 heteroatoms. The van der Waals surface area contributed by atoms with E-state index in [4.69, 9.17) is 13.9 Å².